The third-order valence-corrected chi connectivity index (χ3v) is 2.22. The Morgan fingerprint density at radius 3 is 2.88 bits per heavy atom. The average Bonchev–Trinajstić information content (AvgIpc) is 2.36. The van der Waals surface area contributed by atoms with Crippen molar-refractivity contribution in [2.45, 2.75) is 0 Å². The van der Waals surface area contributed by atoms with Crippen molar-refractivity contribution in [2.24, 2.45) is 0 Å². The maximum atomic E-state index is 11.4. The Balaban J connectivity index is 2.73. The minimum atomic E-state index is -0.595. The van der Waals surface area contributed by atoms with Crippen LogP contribution in [0.15, 0.2) is 30.3 Å². The van der Waals surface area contributed by atoms with Crippen LogP contribution in [0, 0.1) is 11.3 Å². The van der Waals surface area contributed by atoms with Gasteiger partial charge >= 0.3 is 5.97 Å². The van der Waals surface area contributed by atoms with Gasteiger partial charge in [0.2, 0.25) is 0 Å². The van der Waals surface area contributed by atoms with Crippen molar-refractivity contribution < 1.29 is 9.53 Å². The second-order valence-corrected chi connectivity index (χ2v) is 3.18. The molecule has 0 bridgehead atoms. The number of aromatic nitrogens is 1. The Morgan fingerprint density at radius 2 is 2.19 bits per heavy atom. The summed E-state index contributed by atoms with van der Waals surface area (Å²) in [6, 6.07) is 10.9. The van der Waals surface area contributed by atoms with E-state index in [4.69, 9.17) is 5.26 Å². The highest BCUT2D eigenvalue weighted by Crippen LogP contribution is 2.16. The van der Waals surface area contributed by atoms with Crippen molar-refractivity contribution >= 4 is 16.9 Å². The molecule has 0 unspecified atom stereocenters. The van der Waals surface area contributed by atoms with Gasteiger partial charge in [-0.25, -0.2) is 9.78 Å². The number of methoxy groups -OCH3 is 1. The topological polar surface area (TPSA) is 63.0 Å². The van der Waals surface area contributed by atoms with Crippen molar-refractivity contribution in [3.63, 3.8) is 0 Å². The molecule has 1 heterocycles. The second kappa shape index (κ2) is 3.99. The predicted octanol–water partition coefficient (Wildman–Crippen LogP) is 1.89. The van der Waals surface area contributed by atoms with E-state index in [0.29, 0.717) is 5.52 Å². The number of hydrogen-bond acceptors (Lipinski definition) is 4. The number of nitriles is 1. The molecule has 4 nitrogen and oxygen atoms in total. The van der Waals surface area contributed by atoms with Crippen molar-refractivity contribution in [1.82, 2.24) is 4.98 Å². The van der Waals surface area contributed by atoms with Crippen LogP contribution < -0.4 is 0 Å². The van der Waals surface area contributed by atoms with Gasteiger partial charge in [-0.05, 0) is 12.1 Å². The molecule has 0 atom stereocenters. The summed E-state index contributed by atoms with van der Waals surface area (Å²) in [6.07, 6.45) is 0. The number of ether oxygens (including phenoxy) is 1. The van der Waals surface area contributed by atoms with Gasteiger partial charge in [0.25, 0.3) is 0 Å². The van der Waals surface area contributed by atoms with Crippen LogP contribution in [0.25, 0.3) is 10.9 Å². The van der Waals surface area contributed by atoms with Gasteiger partial charge in [0, 0.05) is 5.39 Å². The molecule has 0 aliphatic rings. The zero-order valence-electron chi connectivity index (χ0n) is 8.60. The van der Waals surface area contributed by atoms with E-state index in [2.05, 4.69) is 9.72 Å². The fraction of sp³-hybridized carbons (Fsp3) is 0.0833. The summed E-state index contributed by atoms with van der Waals surface area (Å²) in [4.78, 5) is 15.5. The Labute approximate surface area is 92.1 Å². The highest BCUT2D eigenvalue weighted by Gasteiger charge is 2.14. The summed E-state index contributed by atoms with van der Waals surface area (Å²) in [7, 11) is 1.26. The average molecular weight is 212 g/mol. The summed E-state index contributed by atoms with van der Waals surface area (Å²) in [5.41, 5.74) is 0.955. The highest BCUT2D eigenvalue weighted by atomic mass is 16.5. The van der Waals surface area contributed by atoms with Crippen LogP contribution in [0.1, 0.15) is 16.1 Å². The third-order valence-electron chi connectivity index (χ3n) is 2.22. The standard InChI is InChI=1S/C12H8N2O2/c1-16-12(15)11-9(7-13)6-8-4-2-3-5-10(8)14-11/h2-6H,1H3. The van der Waals surface area contributed by atoms with Crippen molar-refractivity contribution in [2.75, 3.05) is 7.11 Å². The first-order chi connectivity index (χ1) is 7.76. The molecule has 1 aromatic heterocycles. The van der Waals surface area contributed by atoms with Gasteiger partial charge in [0.1, 0.15) is 6.07 Å². The van der Waals surface area contributed by atoms with Gasteiger partial charge in [-0.1, -0.05) is 18.2 Å². The van der Waals surface area contributed by atoms with Gasteiger partial charge in [0.05, 0.1) is 18.2 Å². The molecule has 16 heavy (non-hydrogen) atoms. The Morgan fingerprint density at radius 1 is 1.44 bits per heavy atom. The van der Waals surface area contributed by atoms with Gasteiger partial charge < -0.3 is 4.74 Å². The lowest BCUT2D eigenvalue weighted by molar-refractivity contribution is 0.0594. The maximum Gasteiger partial charge on any atom is 0.358 e. The van der Waals surface area contributed by atoms with Crippen molar-refractivity contribution in [3.05, 3.63) is 41.6 Å². The molecule has 78 valence electrons. The molecule has 0 aliphatic heterocycles. The summed E-state index contributed by atoms with van der Waals surface area (Å²) in [5, 5.41) is 9.75. The number of fused-ring (bicyclic) bond motifs is 1. The van der Waals surface area contributed by atoms with E-state index < -0.39 is 5.97 Å². The molecular weight excluding hydrogens is 204 g/mol. The molecule has 0 amide bonds. The first kappa shape index (κ1) is 10.1. The van der Waals surface area contributed by atoms with Crippen LogP contribution in [0.3, 0.4) is 0 Å². The smallest absolute Gasteiger partial charge is 0.358 e. The summed E-state index contributed by atoms with van der Waals surface area (Å²) >= 11 is 0. The number of pyridine rings is 1. The molecule has 0 fully saturated rings. The molecule has 0 radical (unpaired) electrons. The molecule has 0 N–H and O–H groups in total. The first-order valence-electron chi connectivity index (χ1n) is 4.64. The molecule has 0 aliphatic carbocycles. The molecule has 0 saturated carbocycles. The van der Waals surface area contributed by atoms with Crippen LogP contribution in [-0.4, -0.2) is 18.1 Å². The van der Waals surface area contributed by atoms with E-state index in [1.807, 2.05) is 24.3 Å². The largest absolute Gasteiger partial charge is 0.464 e. The lowest BCUT2D eigenvalue weighted by atomic mass is 10.1. The van der Waals surface area contributed by atoms with E-state index in [9.17, 15) is 4.79 Å². The zero-order valence-corrected chi connectivity index (χ0v) is 8.60. The number of carbonyl (C=O) groups excluding carboxylic acids is 1. The Hall–Kier alpha value is -2.41. The molecule has 1 aromatic carbocycles. The van der Waals surface area contributed by atoms with Crippen LogP contribution in [0.2, 0.25) is 0 Å². The second-order valence-electron chi connectivity index (χ2n) is 3.18. The third kappa shape index (κ3) is 1.59. The lowest BCUT2D eigenvalue weighted by Gasteiger charge is -2.03. The van der Waals surface area contributed by atoms with E-state index in [1.54, 1.807) is 12.1 Å². The highest BCUT2D eigenvalue weighted by molar-refractivity contribution is 5.94. The van der Waals surface area contributed by atoms with Gasteiger partial charge in [-0.15, -0.1) is 0 Å². The Bertz CT molecular complexity index is 599. The normalized spacial score (nSPS) is 9.75. The number of hydrogen-bond donors (Lipinski definition) is 0. The minimum absolute atomic E-state index is 0.0590. The van der Waals surface area contributed by atoms with E-state index in [0.717, 1.165) is 5.39 Å². The van der Waals surface area contributed by atoms with Gasteiger partial charge in [-0.3, -0.25) is 0 Å². The van der Waals surface area contributed by atoms with E-state index >= 15 is 0 Å². The molecule has 0 spiro atoms. The van der Waals surface area contributed by atoms with Gasteiger partial charge in [-0.2, -0.15) is 5.26 Å². The number of benzene rings is 1. The molecule has 2 rings (SSSR count). The lowest BCUT2D eigenvalue weighted by Crippen LogP contribution is -2.07. The maximum absolute atomic E-state index is 11.4. The molecular formula is C12H8N2O2. The SMILES string of the molecule is COC(=O)c1nc2ccccc2cc1C#N. The fourth-order valence-electron chi connectivity index (χ4n) is 1.45. The number of esters is 1. The van der Waals surface area contributed by atoms with Crippen molar-refractivity contribution in [3.8, 4) is 6.07 Å². The van der Waals surface area contributed by atoms with Crippen LogP contribution in [0.4, 0.5) is 0 Å². The number of carbonyl (C=O) groups is 1. The minimum Gasteiger partial charge on any atom is -0.464 e. The van der Waals surface area contributed by atoms with E-state index in [1.165, 1.54) is 7.11 Å². The summed E-state index contributed by atoms with van der Waals surface area (Å²) in [5.74, 6) is -0.595. The molecule has 0 saturated heterocycles. The van der Waals surface area contributed by atoms with Crippen LogP contribution >= 0.6 is 0 Å². The zero-order chi connectivity index (χ0) is 11.5. The van der Waals surface area contributed by atoms with Crippen LogP contribution in [-0.2, 0) is 4.74 Å². The first-order valence-corrected chi connectivity index (χ1v) is 4.64. The number of nitrogens with zero attached hydrogens (tertiary/aromatic N) is 2. The van der Waals surface area contributed by atoms with Crippen LogP contribution in [0.5, 0.6) is 0 Å². The number of rotatable bonds is 1. The number of para-hydroxylation sites is 1. The summed E-state index contributed by atoms with van der Waals surface area (Å²) < 4.78 is 4.58. The monoisotopic (exact) mass is 212 g/mol. The van der Waals surface area contributed by atoms with E-state index in [-0.39, 0.29) is 11.3 Å². The molecule has 2 aromatic rings. The molecule has 4 heteroatoms. The summed E-state index contributed by atoms with van der Waals surface area (Å²) in [6.45, 7) is 0. The van der Waals surface area contributed by atoms with Crippen molar-refractivity contribution in [1.29, 1.82) is 5.26 Å². The quantitative estimate of drug-likeness (QED) is 0.677. The Kier molecular flexibility index (Phi) is 2.52. The predicted molar refractivity (Wildman–Crippen MR) is 57.8 cm³/mol. The van der Waals surface area contributed by atoms with Gasteiger partial charge in [0.15, 0.2) is 5.69 Å². The fourth-order valence-corrected chi connectivity index (χ4v) is 1.45.